The summed E-state index contributed by atoms with van der Waals surface area (Å²) >= 11 is 1.51. The second-order valence-electron chi connectivity index (χ2n) is 2.66. The maximum absolute atomic E-state index is 9.18. The Morgan fingerprint density at radius 3 is 2.92 bits per heavy atom. The van der Waals surface area contributed by atoms with E-state index in [1.807, 2.05) is 0 Å². The molecular formula is C8H13NO2S. The molecule has 1 unspecified atom stereocenters. The SMILES string of the molecule is CC(O)c1cnc(CCCO)s1. The van der Waals surface area contributed by atoms with Crippen molar-refractivity contribution >= 4 is 11.3 Å². The molecule has 1 heterocycles. The molecule has 1 rings (SSSR count). The Balaban J connectivity index is 2.52. The topological polar surface area (TPSA) is 53.4 Å². The molecule has 0 aliphatic heterocycles. The number of hydrogen-bond acceptors (Lipinski definition) is 4. The maximum Gasteiger partial charge on any atom is 0.0929 e. The van der Waals surface area contributed by atoms with Crippen molar-refractivity contribution in [2.24, 2.45) is 0 Å². The molecule has 1 aromatic rings. The zero-order chi connectivity index (χ0) is 8.97. The van der Waals surface area contributed by atoms with E-state index in [9.17, 15) is 5.11 Å². The van der Waals surface area contributed by atoms with Crippen LogP contribution >= 0.6 is 11.3 Å². The van der Waals surface area contributed by atoms with Crippen LogP contribution in [0.5, 0.6) is 0 Å². The van der Waals surface area contributed by atoms with Crippen molar-refractivity contribution in [1.29, 1.82) is 0 Å². The first-order valence-corrected chi connectivity index (χ1v) is 4.79. The van der Waals surface area contributed by atoms with Gasteiger partial charge in [0.15, 0.2) is 0 Å². The van der Waals surface area contributed by atoms with E-state index in [2.05, 4.69) is 4.98 Å². The number of aliphatic hydroxyl groups excluding tert-OH is 2. The van der Waals surface area contributed by atoms with Gasteiger partial charge < -0.3 is 10.2 Å². The van der Waals surface area contributed by atoms with Crippen molar-refractivity contribution in [1.82, 2.24) is 4.98 Å². The van der Waals surface area contributed by atoms with Gasteiger partial charge in [0.05, 0.1) is 16.0 Å². The van der Waals surface area contributed by atoms with Crippen molar-refractivity contribution in [2.75, 3.05) is 6.61 Å². The minimum absolute atomic E-state index is 0.198. The Kier molecular flexibility index (Phi) is 3.65. The van der Waals surface area contributed by atoms with Crippen LogP contribution in [0.15, 0.2) is 6.20 Å². The van der Waals surface area contributed by atoms with Gasteiger partial charge in [-0.25, -0.2) is 4.98 Å². The fourth-order valence-corrected chi connectivity index (χ4v) is 1.76. The van der Waals surface area contributed by atoms with Crippen LogP contribution in [0.2, 0.25) is 0 Å². The average Bonchev–Trinajstić information content (AvgIpc) is 2.48. The van der Waals surface area contributed by atoms with Gasteiger partial charge in [0.1, 0.15) is 0 Å². The molecule has 0 bridgehead atoms. The number of hydrogen-bond donors (Lipinski definition) is 2. The molecule has 0 radical (unpaired) electrons. The van der Waals surface area contributed by atoms with Crippen LogP contribution in [0.3, 0.4) is 0 Å². The predicted molar refractivity (Wildman–Crippen MR) is 48.2 cm³/mol. The van der Waals surface area contributed by atoms with Crippen LogP contribution < -0.4 is 0 Å². The Morgan fingerprint density at radius 1 is 1.67 bits per heavy atom. The normalized spacial score (nSPS) is 13.2. The van der Waals surface area contributed by atoms with Crippen molar-refractivity contribution in [3.8, 4) is 0 Å². The Hall–Kier alpha value is -0.450. The highest BCUT2D eigenvalue weighted by Crippen LogP contribution is 2.20. The van der Waals surface area contributed by atoms with E-state index in [1.54, 1.807) is 13.1 Å². The van der Waals surface area contributed by atoms with E-state index in [0.717, 1.165) is 22.7 Å². The Morgan fingerprint density at radius 2 is 2.42 bits per heavy atom. The standard InChI is InChI=1S/C8H13NO2S/c1-6(11)7-5-9-8(12-7)3-2-4-10/h5-6,10-11H,2-4H2,1H3. The van der Waals surface area contributed by atoms with Crippen LogP contribution in [0.25, 0.3) is 0 Å². The molecule has 4 heteroatoms. The van der Waals surface area contributed by atoms with Crippen LogP contribution in [0, 0.1) is 0 Å². The third-order valence-corrected chi connectivity index (χ3v) is 2.76. The van der Waals surface area contributed by atoms with Crippen molar-refractivity contribution in [2.45, 2.75) is 25.9 Å². The zero-order valence-corrected chi connectivity index (χ0v) is 7.84. The summed E-state index contributed by atoms with van der Waals surface area (Å²) in [4.78, 5) is 5.01. The molecule has 0 spiro atoms. The van der Waals surface area contributed by atoms with E-state index in [0.29, 0.717) is 0 Å². The van der Waals surface area contributed by atoms with Crippen molar-refractivity contribution < 1.29 is 10.2 Å². The summed E-state index contributed by atoms with van der Waals surface area (Å²) in [7, 11) is 0. The average molecular weight is 187 g/mol. The molecule has 1 aromatic heterocycles. The molecule has 3 nitrogen and oxygen atoms in total. The lowest BCUT2D eigenvalue weighted by molar-refractivity contribution is 0.203. The molecule has 1 atom stereocenters. The highest BCUT2D eigenvalue weighted by Gasteiger charge is 2.05. The summed E-state index contributed by atoms with van der Waals surface area (Å²) < 4.78 is 0. The number of aliphatic hydroxyl groups is 2. The minimum atomic E-state index is -0.426. The van der Waals surface area contributed by atoms with Crippen LogP contribution in [-0.4, -0.2) is 21.8 Å². The van der Waals surface area contributed by atoms with E-state index < -0.39 is 6.10 Å². The van der Waals surface area contributed by atoms with Crippen LogP contribution in [0.4, 0.5) is 0 Å². The van der Waals surface area contributed by atoms with E-state index in [1.165, 1.54) is 11.3 Å². The smallest absolute Gasteiger partial charge is 0.0929 e. The van der Waals surface area contributed by atoms with Crippen LogP contribution in [0.1, 0.15) is 29.3 Å². The van der Waals surface area contributed by atoms with Gasteiger partial charge >= 0.3 is 0 Å². The molecular weight excluding hydrogens is 174 g/mol. The van der Waals surface area contributed by atoms with Gasteiger partial charge in [-0.05, 0) is 13.3 Å². The fraction of sp³-hybridized carbons (Fsp3) is 0.625. The monoisotopic (exact) mass is 187 g/mol. The summed E-state index contributed by atoms with van der Waals surface area (Å²) in [6.07, 6.45) is 2.81. The largest absolute Gasteiger partial charge is 0.396 e. The summed E-state index contributed by atoms with van der Waals surface area (Å²) in [5, 5.41) is 18.7. The van der Waals surface area contributed by atoms with Crippen molar-refractivity contribution in [3.63, 3.8) is 0 Å². The number of aryl methyl sites for hydroxylation is 1. The zero-order valence-electron chi connectivity index (χ0n) is 7.03. The highest BCUT2D eigenvalue weighted by atomic mass is 32.1. The van der Waals surface area contributed by atoms with Gasteiger partial charge in [0.25, 0.3) is 0 Å². The van der Waals surface area contributed by atoms with Crippen LogP contribution in [-0.2, 0) is 6.42 Å². The van der Waals surface area contributed by atoms with Gasteiger partial charge in [0, 0.05) is 19.2 Å². The molecule has 0 aromatic carbocycles. The number of rotatable bonds is 4. The van der Waals surface area contributed by atoms with Gasteiger partial charge in [-0.3, -0.25) is 0 Å². The fourth-order valence-electron chi connectivity index (χ4n) is 0.863. The highest BCUT2D eigenvalue weighted by molar-refractivity contribution is 7.11. The molecule has 0 saturated heterocycles. The Bertz CT molecular complexity index is 235. The lowest BCUT2D eigenvalue weighted by Crippen LogP contribution is -1.87. The second-order valence-corrected chi connectivity index (χ2v) is 3.81. The first kappa shape index (κ1) is 9.64. The van der Waals surface area contributed by atoms with Gasteiger partial charge in [0.2, 0.25) is 0 Å². The van der Waals surface area contributed by atoms with E-state index >= 15 is 0 Å². The second kappa shape index (κ2) is 4.54. The van der Waals surface area contributed by atoms with E-state index in [-0.39, 0.29) is 6.61 Å². The predicted octanol–water partition coefficient (Wildman–Crippen LogP) is 1.12. The summed E-state index contributed by atoms with van der Waals surface area (Å²) in [6.45, 7) is 1.92. The lowest BCUT2D eigenvalue weighted by atomic mass is 10.3. The molecule has 0 amide bonds. The molecule has 0 aliphatic carbocycles. The number of aromatic nitrogens is 1. The first-order chi connectivity index (χ1) is 5.74. The quantitative estimate of drug-likeness (QED) is 0.742. The summed E-state index contributed by atoms with van der Waals surface area (Å²) in [5.74, 6) is 0. The maximum atomic E-state index is 9.18. The van der Waals surface area contributed by atoms with Gasteiger partial charge in [-0.15, -0.1) is 11.3 Å². The molecule has 12 heavy (non-hydrogen) atoms. The summed E-state index contributed by atoms with van der Waals surface area (Å²) in [6, 6.07) is 0. The minimum Gasteiger partial charge on any atom is -0.396 e. The third-order valence-electron chi connectivity index (χ3n) is 1.53. The Labute approximate surface area is 75.7 Å². The molecule has 68 valence electrons. The molecule has 0 saturated carbocycles. The summed E-state index contributed by atoms with van der Waals surface area (Å²) in [5.41, 5.74) is 0. The molecule has 0 aliphatic rings. The van der Waals surface area contributed by atoms with Gasteiger partial charge in [-0.2, -0.15) is 0 Å². The van der Waals surface area contributed by atoms with E-state index in [4.69, 9.17) is 5.11 Å². The molecule has 0 fully saturated rings. The van der Waals surface area contributed by atoms with Gasteiger partial charge in [-0.1, -0.05) is 0 Å². The number of nitrogens with zero attached hydrogens (tertiary/aromatic N) is 1. The third kappa shape index (κ3) is 2.55. The lowest BCUT2D eigenvalue weighted by Gasteiger charge is -1.95. The number of thiazole rings is 1. The first-order valence-electron chi connectivity index (χ1n) is 3.97. The van der Waals surface area contributed by atoms with Crippen molar-refractivity contribution in [3.05, 3.63) is 16.1 Å². The molecule has 2 N–H and O–H groups in total.